The highest BCUT2D eigenvalue weighted by atomic mass is 16.6. The fourth-order valence-corrected chi connectivity index (χ4v) is 3.90. The van der Waals surface area contributed by atoms with E-state index in [4.69, 9.17) is 15.2 Å². The number of amidine groups is 2. The average Bonchev–Trinajstić information content (AvgIpc) is 3.39. The smallest absolute Gasteiger partial charge is 0.313 e. The molecule has 0 aliphatic carbocycles. The summed E-state index contributed by atoms with van der Waals surface area (Å²) in [4.78, 5) is 9.09. The summed E-state index contributed by atoms with van der Waals surface area (Å²) in [6.07, 6.45) is 4.09. The van der Waals surface area contributed by atoms with Gasteiger partial charge in [0.05, 0.1) is 0 Å². The second-order valence-corrected chi connectivity index (χ2v) is 7.61. The van der Waals surface area contributed by atoms with Crippen LogP contribution in [0.2, 0.25) is 0 Å². The monoisotopic (exact) mass is 396 g/mol. The molecule has 0 amide bonds. The highest BCUT2D eigenvalue weighted by Gasteiger charge is 2.56. The molecular weight excluding hydrogens is 374 g/mol. The van der Waals surface area contributed by atoms with E-state index in [-0.39, 0.29) is 12.5 Å². The molecule has 1 unspecified atom stereocenters. The highest BCUT2D eigenvalue weighted by Crippen LogP contribution is 2.36. The lowest BCUT2D eigenvalue weighted by molar-refractivity contribution is -0.0768. The van der Waals surface area contributed by atoms with Gasteiger partial charge in [0, 0.05) is 24.0 Å². The number of H-pyrrole nitrogens is 1. The van der Waals surface area contributed by atoms with Crippen molar-refractivity contribution in [3.05, 3.63) is 42.7 Å². The molecule has 5 N–H and O–H groups in total. The lowest BCUT2D eigenvalue weighted by Crippen LogP contribution is -2.51. The van der Waals surface area contributed by atoms with Gasteiger partial charge in [-0.05, 0) is 36.6 Å². The third kappa shape index (κ3) is 2.83. The van der Waals surface area contributed by atoms with Gasteiger partial charge in [0.25, 0.3) is 5.84 Å². The normalized spacial score (nSPS) is 33.1. The number of fused-ring (bicyclic) bond motifs is 2. The van der Waals surface area contributed by atoms with E-state index in [2.05, 4.69) is 14.6 Å². The third-order valence-corrected chi connectivity index (χ3v) is 5.72. The van der Waals surface area contributed by atoms with Crippen LogP contribution in [0.1, 0.15) is 6.92 Å². The second kappa shape index (κ2) is 6.47. The molecule has 5 rings (SSSR count). The summed E-state index contributed by atoms with van der Waals surface area (Å²) < 4.78 is 15.9. The van der Waals surface area contributed by atoms with Gasteiger partial charge in [-0.25, -0.2) is 4.67 Å². The van der Waals surface area contributed by atoms with Crippen LogP contribution in [0.3, 0.4) is 0 Å². The Morgan fingerprint density at radius 3 is 3.14 bits per heavy atom. The van der Waals surface area contributed by atoms with Crippen molar-refractivity contribution in [1.82, 2.24) is 14.6 Å². The fourth-order valence-electron chi connectivity index (χ4n) is 3.90. The number of nitrogens with zero attached hydrogens (tertiary/aromatic N) is 3. The minimum atomic E-state index is -1.51. The Labute approximate surface area is 166 Å². The molecule has 0 bridgehead atoms. The highest BCUT2D eigenvalue weighted by molar-refractivity contribution is 6.12. The molecule has 5 atom stereocenters. The van der Waals surface area contributed by atoms with Crippen molar-refractivity contribution in [2.45, 2.75) is 31.0 Å². The maximum absolute atomic E-state index is 10.9. The maximum atomic E-state index is 10.9. The molecule has 1 aromatic carbocycles. The Hall–Kier alpha value is -3.10. The summed E-state index contributed by atoms with van der Waals surface area (Å²) >= 11 is 0. The zero-order valence-electron chi connectivity index (χ0n) is 15.8. The Balaban J connectivity index is 1.32. The van der Waals surface area contributed by atoms with Crippen molar-refractivity contribution in [3.8, 4) is 5.75 Å². The predicted molar refractivity (Wildman–Crippen MR) is 108 cm³/mol. The van der Waals surface area contributed by atoms with E-state index in [1.165, 1.54) is 6.34 Å². The molecular formula is C20H22N5O4+. The lowest BCUT2D eigenvalue weighted by Gasteiger charge is -2.28. The number of hydrogen-bond donors (Lipinski definition) is 4. The number of benzene rings is 1. The van der Waals surface area contributed by atoms with Crippen LogP contribution in [0.25, 0.3) is 10.9 Å². The van der Waals surface area contributed by atoms with Crippen LogP contribution < -0.4 is 15.1 Å². The maximum Gasteiger partial charge on any atom is 0.313 e. The molecule has 1 aromatic heterocycles. The molecule has 9 nitrogen and oxygen atoms in total. The van der Waals surface area contributed by atoms with Crippen LogP contribution in [-0.2, 0) is 4.74 Å². The van der Waals surface area contributed by atoms with Gasteiger partial charge in [0.1, 0.15) is 30.2 Å². The predicted octanol–water partition coefficient (Wildman–Crippen LogP) is -0.306. The molecule has 0 radical (unpaired) electrons. The van der Waals surface area contributed by atoms with E-state index in [1.54, 1.807) is 18.0 Å². The van der Waals surface area contributed by atoms with Crippen molar-refractivity contribution >= 4 is 28.9 Å². The number of aliphatic hydroxyl groups is 2. The quantitative estimate of drug-likeness (QED) is 0.525. The van der Waals surface area contributed by atoms with Gasteiger partial charge in [-0.2, -0.15) is 0 Å². The Kier molecular flexibility index (Phi) is 4.01. The summed E-state index contributed by atoms with van der Waals surface area (Å²) in [5.74, 6) is 1.42. The first kappa shape index (κ1) is 18.0. The number of aromatic nitrogens is 1. The molecule has 3 aliphatic rings. The fraction of sp³-hybridized carbons (Fsp3) is 0.350. The van der Waals surface area contributed by atoms with Crippen molar-refractivity contribution in [1.29, 1.82) is 0 Å². The van der Waals surface area contributed by atoms with Crippen LogP contribution in [0.5, 0.6) is 5.75 Å². The molecule has 0 spiro atoms. The molecule has 2 aromatic rings. The minimum absolute atomic E-state index is 0.0793. The Morgan fingerprint density at radius 2 is 2.28 bits per heavy atom. The number of nitrogens with two attached hydrogens (primary N) is 1. The number of aliphatic hydroxyl groups excluding tert-OH is 1. The molecule has 4 heterocycles. The van der Waals surface area contributed by atoms with E-state index in [1.807, 2.05) is 36.5 Å². The molecule has 9 heteroatoms. The summed E-state index contributed by atoms with van der Waals surface area (Å²) in [6, 6.07) is 7.67. The summed E-state index contributed by atoms with van der Waals surface area (Å²) in [5, 5.41) is 22.8. The van der Waals surface area contributed by atoms with E-state index in [0.717, 1.165) is 10.9 Å². The van der Waals surface area contributed by atoms with Gasteiger partial charge in [-0.3, -0.25) is 4.90 Å². The van der Waals surface area contributed by atoms with Crippen LogP contribution in [-0.4, -0.2) is 68.8 Å². The zero-order valence-corrected chi connectivity index (χ0v) is 15.8. The SMILES string of the molecule is C[C@@]1(O)[C@@H](COc2ccc3cc[nH]c3c2)O[C@@H](N2C=CC3C2=NC=[N+]=C3N)[C@@H]1O. The van der Waals surface area contributed by atoms with Gasteiger partial charge < -0.3 is 30.4 Å². The Bertz CT molecular complexity index is 1080. The topological polar surface area (TPSA) is 130 Å². The molecule has 0 saturated carbocycles. The zero-order chi connectivity index (χ0) is 20.2. The van der Waals surface area contributed by atoms with E-state index >= 15 is 0 Å². The van der Waals surface area contributed by atoms with Crippen molar-refractivity contribution in [2.24, 2.45) is 16.6 Å². The summed E-state index contributed by atoms with van der Waals surface area (Å²) in [5.41, 5.74) is 5.37. The van der Waals surface area contributed by atoms with Crippen LogP contribution in [0.4, 0.5) is 0 Å². The van der Waals surface area contributed by atoms with Crippen LogP contribution in [0, 0.1) is 5.92 Å². The largest absolute Gasteiger partial charge is 0.491 e. The van der Waals surface area contributed by atoms with Gasteiger partial charge in [0.2, 0.25) is 5.84 Å². The van der Waals surface area contributed by atoms with E-state index in [9.17, 15) is 10.2 Å². The van der Waals surface area contributed by atoms with Crippen LogP contribution >= 0.6 is 0 Å². The number of hydrogen-bond acceptors (Lipinski definition) is 7. The molecule has 150 valence electrons. The summed E-state index contributed by atoms with van der Waals surface area (Å²) in [6.45, 7) is 1.62. The molecule has 3 aliphatic heterocycles. The standard InChI is InChI=1S/C20H21N5O4/c1-20(27)15(9-28-12-3-2-11-4-6-22-14(11)8-12)29-19(16(20)26)25-7-5-13-17(21)23-10-24-18(13)25/h2-8,10,13,15-16,19,21-22,26-27H,9H2,1H3/p+1/t13?,15-,16+,19-,20-/m1/s1. The van der Waals surface area contributed by atoms with Crippen LogP contribution in [0.15, 0.2) is 47.7 Å². The van der Waals surface area contributed by atoms with Crippen molar-refractivity contribution in [3.63, 3.8) is 0 Å². The van der Waals surface area contributed by atoms with Gasteiger partial charge in [0.15, 0.2) is 12.1 Å². The number of rotatable bonds is 4. The Morgan fingerprint density at radius 1 is 1.41 bits per heavy atom. The average molecular weight is 396 g/mol. The number of nitrogens with one attached hydrogen (secondary N) is 1. The first-order chi connectivity index (χ1) is 13.9. The van der Waals surface area contributed by atoms with E-state index in [0.29, 0.717) is 17.4 Å². The number of aliphatic imine (C=N–C) groups is 1. The van der Waals surface area contributed by atoms with Crippen molar-refractivity contribution in [2.75, 3.05) is 6.61 Å². The van der Waals surface area contributed by atoms with Gasteiger partial charge >= 0.3 is 6.34 Å². The van der Waals surface area contributed by atoms with Crippen molar-refractivity contribution < 1.29 is 19.7 Å². The third-order valence-electron chi connectivity index (χ3n) is 5.72. The van der Waals surface area contributed by atoms with Gasteiger partial charge in [-0.15, -0.1) is 0 Å². The second-order valence-electron chi connectivity index (χ2n) is 7.61. The minimum Gasteiger partial charge on any atom is -0.491 e. The molecule has 29 heavy (non-hydrogen) atoms. The van der Waals surface area contributed by atoms with E-state index < -0.39 is 24.0 Å². The first-order valence-electron chi connectivity index (χ1n) is 9.40. The number of ether oxygens (including phenoxy) is 2. The first-order valence-corrected chi connectivity index (χ1v) is 9.40. The summed E-state index contributed by atoms with van der Waals surface area (Å²) in [7, 11) is 0. The lowest BCUT2D eigenvalue weighted by atomic mass is 9.94. The molecule has 1 fully saturated rings. The molecule has 1 saturated heterocycles. The van der Waals surface area contributed by atoms with Gasteiger partial charge in [-0.1, -0.05) is 4.99 Å². The number of aromatic amines is 1.